The predicted molar refractivity (Wildman–Crippen MR) is 108 cm³/mol. The monoisotopic (exact) mass is 407 g/mol. The third-order valence-electron chi connectivity index (χ3n) is 5.29. The summed E-state index contributed by atoms with van der Waals surface area (Å²) in [7, 11) is 1.59. The lowest BCUT2D eigenvalue weighted by Gasteiger charge is -2.26. The summed E-state index contributed by atoms with van der Waals surface area (Å²) in [6.07, 6.45) is 1.25. The van der Waals surface area contributed by atoms with Gasteiger partial charge in [-0.15, -0.1) is 0 Å². The second-order valence-corrected chi connectivity index (χ2v) is 8.62. The van der Waals surface area contributed by atoms with Crippen molar-refractivity contribution in [1.82, 2.24) is 9.97 Å². The number of hydrogen-bond acceptors (Lipinski definition) is 4. The summed E-state index contributed by atoms with van der Waals surface area (Å²) in [5.74, 6) is -0.204. The fourth-order valence-corrected chi connectivity index (χ4v) is 3.51. The molecule has 1 saturated carbocycles. The van der Waals surface area contributed by atoms with Gasteiger partial charge in [0.25, 0.3) is 0 Å². The van der Waals surface area contributed by atoms with Crippen LogP contribution in [0.1, 0.15) is 64.0 Å². The van der Waals surface area contributed by atoms with Crippen LogP contribution in [0.2, 0.25) is 0 Å². The first-order chi connectivity index (χ1) is 13.6. The van der Waals surface area contributed by atoms with Gasteiger partial charge in [-0.2, -0.15) is 18.2 Å². The van der Waals surface area contributed by atoms with E-state index >= 15 is 0 Å². The molecule has 7 heteroatoms. The van der Waals surface area contributed by atoms with Gasteiger partial charge >= 0.3 is 12.2 Å². The van der Waals surface area contributed by atoms with Crippen LogP contribution in [-0.4, -0.2) is 23.1 Å². The SMILES string of the molecule is CN(c1cccc(C(C)(C)C)c1)c1nc(OC2CCCCC2)ncc1C(F)(F)F. The van der Waals surface area contributed by atoms with Crippen LogP contribution in [0, 0.1) is 0 Å². The molecule has 0 unspecified atom stereocenters. The molecule has 158 valence electrons. The predicted octanol–water partition coefficient (Wildman–Crippen LogP) is 6.27. The molecule has 29 heavy (non-hydrogen) atoms. The molecule has 0 bridgehead atoms. The van der Waals surface area contributed by atoms with Crippen LogP contribution in [0.4, 0.5) is 24.7 Å². The highest BCUT2D eigenvalue weighted by Crippen LogP contribution is 2.38. The lowest BCUT2D eigenvalue weighted by atomic mass is 9.87. The Morgan fingerprint density at radius 3 is 2.38 bits per heavy atom. The van der Waals surface area contributed by atoms with Gasteiger partial charge in [0.05, 0.1) is 0 Å². The van der Waals surface area contributed by atoms with Gasteiger partial charge in [0.1, 0.15) is 11.7 Å². The van der Waals surface area contributed by atoms with Crippen LogP contribution in [-0.2, 0) is 11.6 Å². The zero-order valence-corrected chi connectivity index (χ0v) is 17.4. The Morgan fingerprint density at radius 1 is 1.07 bits per heavy atom. The third-order valence-corrected chi connectivity index (χ3v) is 5.29. The number of ether oxygens (including phenoxy) is 1. The second-order valence-electron chi connectivity index (χ2n) is 8.62. The van der Waals surface area contributed by atoms with Crippen molar-refractivity contribution in [3.63, 3.8) is 0 Å². The first kappa shape index (κ1) is 21.4. The number of rotatable bonds is 4. The van der Waals surface area contributed by atoms with E-state index in [0.29, 0.717) is 5.69 Å². The van der Waals surface area contributed by atoms with Gasteiger partial charge in [-0.25, -0.2) is 4.98 Å². The molecule has 1 aliphatic rings. The molecule has 0 aliphatic heterocycles. The van der Waals surface area contributed by atoms with E-state index < -0.39 is 11.7 Å². The van der Waals surface area contributed by atoms with E-state index in [-0.39, 0.29) is 23.3 Å². The van der Waals surface area contributed by atoms with E-state index in [9.17, 15) is 13.2 Å². The molecule has 0 N–H and O–H groups in total. The number of aromatic nitrogens is 2. The maximum Gasteiger partial charge on any atom is 0.421 e. The summed E-state index contributed by atoms with van der Waals surface area (Å²) in [6, 6.07) is 7.49. The van der Waals surface area contributed by atoms with Gasteiger partial charge in [-0.3, -0.25) is 0 Å². The van der Waals surface area contributed by atoms with Gasteiger partial charge in [-0.05, 0) is 48.8 Å². The molecule has 0 saturated heterocycles. The minimum Gasteiger partial charge on any atom is -0.460 e. The van der Waals surface area contributed by atoms with Gasteiger partial charge in [-0.1, -0.05) is 39.3 Å². The summed E-state index contributed by atoms with van der Waals surface area (Å²) in [4.78, 5) is 9.48. The average Bonchev–Trinajstić information content (AvgIpc) is 2.67. The minimum atomic E-state index is -4.56. The molecule has 0 radical (unpaired) electrons. The van der Waals surface area contributed by atoms with Gasteiger partial charge < -0.3 is 9.64 Å². The van der Waals surface area contributed by atoms with E-state index in [2.05, 4.69) is 30.7 Å². The summed E-state index contributed by atoms with van der Waals surface area (Å²) in [5.41, 5.74) is 0.663. The maximum absolute atomic E-state index is 13.6. The van der Waals surface area contributed by atoms with Crippen LogP contribution in [0.3, 0.4) is 0 Å². The average molecular weight is 407 g/mol. The number of anilines is 2. The maximum atomic E-state index is 13.6. The van der Waals surface area contributed by atoms with Crippen molar-refractivity contribution in [2.45, 2.75) is 70.6 Å². The quantitative estimate of drug-likeness (QED) is 0.598. The normalized spacial score (nSPS) is 16.0. The summed E-state index contributed by atoms with van der Waals surface area (Å²) < 4.78 is 46.7. The van der Waals surface area contributed by atoms with Gasteiger partial charge in [0.2, 0.25) is 0 Å². The van der Waals surface area contributed by atoms with Crippen molar-refractivity contribution in [1.29, 1.82) is 0 Å². The molecule has 0 atom stereocenters. The van der Waals surface area contributed by atoms with Crippen LogP contribution in [0.15, 0.2) is 30.5 Å². The largest absolute Gasteiger partial charge is 0.460 e. The van der Waals surface area contributed by atoms with E-state index in [1.165, 1.54) is 4.90 Å². The molecule has 2 aromatic rings. The fourth-order valence-electron chi connectivity index (χ4n) is 3.51. The molecular formula is C22H28F3N3O. The number of hydrogen-bond donors (Lipinski definition) is 0. The Kier molecular flexibility index (Phi) is 6.05. The Hall–Kier alpha value is -2.31. The lowest BCUT2D eigenvalue weighted by molar-refractivity contribution is -0.137. The minimum absolute atomic E-state index is 0.00118. The van der Waals surface area contributed by atoms with Gasteiger partial charge in [0, 0.05) is 18.9 Å². The molecule has 1 aliphatic carbocycles. The van der Waals surface area contributed by atoms with Crippen LogP contribution in [0.5, 0.6) is 6.01 Å². The highest BCUT2D eigenvalue weighted by molar-refractivity contribution is 5.63. The highest BCUT2D eigenvalue weighted by Gasteiger charge is 2.37. The fraction of sp³-hybridized carbons (Fsp3) is 0.545. The molecule has 0 spiro atoms. The molecule has 1 fully saturated rings. The summed E-state index contributed by atoms with van der Waals surface area (Å²) in [6.45, 7) is 6.19. The topological polar surface area (TPSA) is 38.2 Å². The lowest BCUT2D eigenvalue weighted by Crippen LogP contribution is -2.23. The first-order valence-electron chi connectivity index (χ1n) is 10.0. The van der Waals surface area contributed by atoms with Crippen LogP contribution in [0.25, 0.3) is 0 Å². The van der Waals surface area contributed by atoms with Crippen molar-refractivity contribution in [2.24, 2.45) is 0 Å². The van der Waals surface area contributed by atoms with Crippen molar-refractivity contribution in [3.8, 4) is 6.01 Å². The number of halogens is 3. The van der Waals surface area contributed by atoms with Gasteiger partial charge in [0.15, 0.2) is 5.82 Å². The zero-order valence-electron chi connectivity index (χ0n) is 17.4. The van der Waals surface area contributed by atoms with Crippen molar-refractivity contribution < 1.29 is 17.9 Å². The molecule has 0 amide bonds. The number of nitrogens with zero attached hydrogens (tertiary/aromatic N) is 3. The first-order valence-corrected chi connectivity index (χ1v) is 10.0. The molecule has 1 aromatic heterocycles. The number of alkyl halides is 3. The summed E-state index contributed by atoms with van der Waals surface area (Å²) >= 11 is 0. The molecule has 1 aromatic carbocycles. The Labute approximate surface area is 170 Å². The molecule has 3 rings (SSSR count). The Morgan fingerprint density at radius 2 is 1.76 bits per heavy atom. The van der Waals surface area contributed by atoms with E-state index in [0.717, 1.165) is 43.9 Å². The smallest absolute Gasteiger partial charge is 0.421 e. The number of benzene rings is 1. The Bertz CT molecular complexity index is 840. The van der Waals surface area contributed by atoms with Crippen LogP contribution >= 0.6 is 0 Å². The molecular weight excluding hydrogens is 379 g/mol. The zero-order chi connectivity index (χ0) is 21.2. The molecule has 1 heterocycles. The summed E-state index contributed by atoms with van der Waals surface area (Å²) in [5, 5.41) is 0. The van der Waals surface area contributed by atoms with E-state index in [1.54, 1.807) is 13.1 Å². The standard InChI is InChI=1S/C22H28F3N3O/c1-21(2,3)15-9-8-10-16(13-15)28(4)19-18(22(23,24)25)14-26-20(27-19)29-17-11-6-5-7-12-17/h8-10,13-14,17H,5-7,11-12H2,1-4H3. The van der Waals surface area contributed by atoms with Crippen molar-refractivity contribution in [2.75, 3.05) is 11.9 Å². The Balaban J connectivity index is 1.97. The van der Waals surface area contributed by atoms with Crippen molar-refractivity contribution >= 4 is 11.5 Å². The second kappa shape index (κ2) is 8.20. The van der Waals surface area contributed by atoms with E-state index in [1.807, 2.05) is 18.2 Å². The molecule has 4 nitrogen and oxygen atoms in total. The highest BCUT2D eigenvalue weighted by atomic mass is 19.4. The third kappa shape index (κ3) is 5.19. The van der Waals surface area contributed by atoms with E-state index in [4.69, 9.17) is 4.74 Å². The van der Waals surface area contributed by atoms with Crippen LogP contribution < -0.4 is 9.64 Å². The van der Waals surface area contributed by atoms with Crippen molar-refractivity contribution in [3.05, 3.63) is 41.6 Å².